The molecule has 0 aliphatic carbocycles. The second-order valence-electron chi connectivity index (χ2n) is 5.69. The third kappa shape index (κ3) is 3.47. The summed E-state index contributed by atoms with van der Waals surface area (Å²) in [5.74, 6) is 2.28. The average Bonchev–Trinajstić information content (AvgIpc) is 3.17. The molecule has 5 heteroatoms. The number of amides is 1. The normalized spacial score (nSPS) is 17.7. The van der Waals surface area contributed by atoms with E-state index in [4.69, 9.17) is 4.74 Å². The van der Waals surface area contributed by atoms with E-state index in [0.717, 1.165) is 36.8 Å². The smallest absolute Gasteiger partial charge is 0.226 e. The highest BCUT2D eigenvalue weighted by Crippen LogP contribution is 2.25. The van der Waals surface area contributed by atoms with Crippen LogP contribution in [-0.2, 0) is 4.79 Å². The van der Waals surface area contributed by atoms with Crippen LogP contribution in [0.3, 0.4) is 0 Å². The molecule has 1 aliphatic heterocycles. The molecule has 5 nitrogen and oxygen atoms in total. The lowest BCUT2D eigenvalue weighted by atomic mass is 10.1. The number of hydrogen-bond donors (Lipinski definition) is 1. The number of carbonyl (C=O) groups excluding carboxylic acids is 1. The molecule has 0 spiro atoms. The molecule has 1 saturated heterocycles. The van der Waals surface area contributed by atoms with Crippen molar-refractivity contribution in [3.63, 3.8) is 0 Å². The van der Waals surface area contributed by atoms with E-state index in [1.807, 2.05) is 48.4 Å². The zero-order valence-electron chi connectivity index (χ0n) is 12.8. The maximum Gasteiger partial charge on any atom is 0.226 e. The number of para-hydroxylation sites is 1. The van der Waals surface area contributed by atoms with Crippen LogP contribution in [0.5, 0.6) is 5.75 Å². The Labute approximate surface area is 130 Å². The number of aromatic nitrogens is 2. The minimum Gasteiger partial charge on any atom is -0.493 e. The van der Waals surface area contributed by atoms with Crippen molar-refractivity contribution in [3.05, 3.63) is 48.0 Å². The predicted molar refractivity (Wildman–Crippen MR) is 83.8 cm³/mol. The Morgan fingerprint density at radius 3 is 2.95 bits per heavy atom. The largest absolute Gasteiger partial charge is 0.493 e. The van der Waals surface area contributed by atoms with Crippen LogP contribution in [0.2, 0.25) is 0 Å². The SMILES string of the molecule is Cc1cnc([C@H]2CCN(C(=O)CCOc3ccccc3)C2)[nH]1. The molecule has 0 saturated carbocycles. The van der Waals surface area contributed by atoms with Gasteiger partial charge in [-0.05, 0) is 25.5 Å². The van der Waals surface area contributed by atoms with Gasteiger partial charge >= 0.3 is 0 Å². The van der Waals surface area contributed by atoms with E-state index in [1.54, 1.807) is 0 Å². The van der Waals surface area contributed by atoms with Gasteiger partial charge < -0.3 is 14.6 Å². The minimum atomic E-state index is 0.154. The average molecular weight is 299 g/mol. The van der Waals surface area contributed by atoms with Gasteiger partial charge in [-0.2, -0.15) is 0 Å². The van der Waals surface area contributed by atoms with Crippen LogP contribution < -0.4 is 4.74 Å². The highest BCUT2D eigenvalue weighted by Gasteiger charge is 2.28. The zero-order valence-corrected chi connectivity index (χ0v) is 12.8. The number of nitrogens with one attached hydrogen (secondary N) is 1. The summed E-state index contributed by atoms with van der Waals surface area (Å²) in [6, 6.07) is 9.59. The lowest BCUT2D eigenvalue weighted by molar-refractivity contribution is -0.130. The molecular weight excluding hydrogens is 278 g/mol. The van der Waals surface area contributed by atoms with Gasteiger partial charge in [0.05, 0.1) is 13.0 Å². The van der Waals surface area contributed by atoms with Crippen molar-refractivity contribution < 1.29 is 9.53 Å². The van der Waals surface area contributed by atoms with Crippen molar-refractivity contribution in [2.24, 2.45) is 0 Å². The first-order chi connectivity index (χ1) is 10.7. The van der Waals surface area contributed by atoms with E-state index in [9.17, 15) is 4.79 Å². The predicted octanol–water partition coefficient (Wildman–Crippen LogP) is 2.50. The summed E-state index contributed by atoms with van der Waals surface area (Å²) in [6.45, 7) is 3.96. The van der Waals surface area contributed by atoms with E-state index in [2.05, 4.69) is 9.97 Å². The lowest BCUT2D eigenvalue weighted by Crippen LogP contribution is -2.29. The number of H-pyrrole nitrogens is 1. The number of aryl methyl sites for hydroxylation is 1. The molecule has 1 aromatic heterocycles. The summed E-state index contributed by atoms with van der Waals surface area (Å²) in [5.41, 5.74) is 1.07. The molecule has 2 heterocycles. The number of hydrogen-bond acceptors (Lipinski definition) is 3. The van der Waals surface area contributed by atoms with Gasteiger partial charge in [-0.15, -0.1) is 0 Å². The molecule has 0 radical (unpaired) electrons. The van der Waals surface area contributed by atoms with E-state index in [-0.39, 0.29) is 5.91 Å². The van der Waals surface area contributed by atoms with Gasteiger partial charge in [-0.25, -0.2) is 4.98 Å². The van der Waals surface area contributed by atoms with Crippen LogP contribution in [0.4, 0.5) is 0 Å². The van der Waals surface area contributed by atoms with E-state index in [0.29, 0.717) is 18.9 Å². The van der Waals surface area contributed by atoms with Gasteiger partial charge in [-0.1, -0.05) is 18.2 Å². The summed E-state index contributed by atoms with van der Waals surface area (Å²) >= 11 is 0. The second kappa shape index (κ2) is 6.64. The fraction of sp³-hybridized carbons (Fsp3) is 0.412. The van der Waals surface area contributed by atoms with E-state index in [1.165, 1.54) is 0 Å². The first-order valence-corrected chi connectivity index (χ1v) is 7.69. The minimum absolute atomic E-state index is 0.154. The Balaban J connectivity index is 1.45. The molecule has 22 heavy (non-hydrogen) atoms. The van der Waals surface area contributed by atoms with Crippen LogP contribution >= 0.6 is 0 Å². The van der Waals surface area contributed by atoms with Gasteiger partial charge in [0, 0.05) is 30.9 Å². The quantitative estimate of drug-likeness (QED) is 0.923. The molecule has 1 atom stereocenters. The maximum atomic E-state index is 12.2. The van der Waals surface area contributed by atoms with Crippen molar-refractivity contribution in [3.8, 4) is 5.75 Å². The molecule has 1 aliphatic rings. The summed E-state index contributed by atoms with van der Waals surface area (Å²) in [5, 5.41) is 0. The fourth-order valence-corrected chi connectivity index (χ4v) is 2.78. The number of benzene rings is 1. The number of rotatable bonds is 5. The summed E-state index contributed by atoms with van der Waals surface area (Å²) < 4.78 is 5.59. The van der Waals surface area contributed by atoms with Gasteiger partial charge in [0.2, 0.25) is 5.91 Å². The van der Waals surface area contributed by atoms with Crippen molar-refractivity contribution in [2.45, 2.75) is 25.7 Å². The van der Waals surface area contributed by atoms with Gasteiger partial charge in [-0.3, -0.25) is 4.79 Å². The number of ether oxygens (including phenoxy) is 1. The standard InChI is InChI=1S/C17H21N3O2/c1-13-11-18-17(19-13)14-7-9-20(12-14)16(21)8-10-22-15-5-3-2-4-6-15/h2-6,11,14H,7-10,12H2,1H3,(H,18,19)/t14-/m0/s1. The van der Waals surface area contributed by atoms with Crippen LogP contribution in [0.1, 0.15) is 30.3 Å². The van der Waals surface area contributed by atoms with Crippen LogP contribution in [0.15, 0.2) is 36.5 Å². The maximum absolute atomic E-state index is 12.2. The van der Waals surface area contributed by atoms with E-state index < -0.39 is 0 Å². The second-order valence-corrected chi connectivity index (χ2v) is 5.69. The highest BCUT2D eigenvalue weighted by atomic mass is 16.5. The van der Waals surface area contributed by atoms with Gasteiger partial charge in [0.15, 0.2) is 0 Å². The first-order valence-electron chi connectivity index (χ1n) is 7.69. The summed E-state index contributed by atoms with van der Waals surface area (Å²) in [4.78, 5) is 21.8. The molecule has 1 amide bonds. The zero-order chi connectivity index (χ0) is 15.4. The number of imidazole rings is 1. The van der Waals surface area contributed by atoms with Crippen LogP contribution in [-0.4, -0.2) is 40.5 Å². The molecule has 1 fully saturated rings. The Kier molecular flexibility index (Phi) is 4.42. The molecule has 1 N–H and O–H groups in total. The third-order valence-corrected chi connectivity index (χ3v) is 3.98. The Morgan fingerprint density at radius 2 is 2.23 bits per heavy atom. The number of carbonyl (C=O) groups is 1. The molecule has 3 rings (SSSR count). The summed E-state index contributed by atoms with van der Waals surface area (Å²) in [6.07, 6.45) is 3.23. The van der Waals surface area contributed by atoms with Crippen molar-refractivity contribution >= 4 is 5.91 Å². The Hall–Kier alpha value is -2.30. The number of likely N-dealkylation sites (tertiary alicyclic amines) is 1. The van der Waals surface area contributed by atoms with E-state index >= 15 is 0 Å². The number of aromatic amines is 1. The topological polar surface area (TPSA) is 58.2 Å². The highest BCUT2D eigenvalue weighted by molar-refractivity contribution is 5.76. The Bertz CT molecular complexity index is 624. The first kappa shape index (κ1) is 14.6. The molecule has 2 aromatic rings. The third-order valence-electron chi connectivity index (χ3n) is 3.98. The van der Waals surface area contributed by atoms with Gasteiger partial charge in [0.1, 0.15) is 11.6 Å². The van der Waals surface area contributed by atoms with Crippen molar-refractivity contribution in [2.75, 3.05) is 19.7 Å². The van der Waals surface area contributed by atoms with Crippen molar-refractivity contribution in [1.29, 1.82) is 0 Å². The number of nitrogens with zero attached hydrogens (tertiary/aromatic N) is 2. The van der Waals surface area contributed by atoms with Crippen LogP contribution in [0, 0.1) is 6.92 Å². The monoisotopic (exact) mass is 299 g/mol. The molecular formula is C17H21N3O2. The van der Waals surface area contributed by atoms with Crippen molar-refractivity contribution in [1.82, 2.24) is 14.9 Å². The lowest BCUT2D eigenvalue weighted by Gasteiger charge is -2.16. The molecule has 0 bridgehead atoms. The molecule has 1 aromatic carbocycles. The van der Waals surface area contributed by atoms with Crippen LogP contribution in [0.25, 0.3) is 0 Å². The van der Waals surface area contributed by atoms with Gasteiger partial charge in [0.25, 0.3) is 0 Å². The fourth-order valence-electron chi connectivity index (χ4n) is 2.78. The summed E-state index contributed by atoms with van der Waals surface area (Å²) in [7, 11) is 0. The molecule has 116 valence electrons. The Morgan fingerprint density at radius 1 is 1.41 bits per heavy atom. The molecule has 0 unspecified atom stereocenters.